The average molecular weight is 229 g/mol. The van der Waals surface area contributed by atoms with Crippen LogP contribution in [0.15, 0.2) is 23.3 Å². The zero-order valence-electron chi connectivity index (χ0n) is 9.22. The molecule has 0 fully saturated rings. The maximum atomic E-state index is 8.09. The summed E-state index contributed by atoms with van der Waals surface area (Å²) >= 11 is 0. The molecule has 0 saturated carbocycles. The van der Waals surface area contributed by atoms with Crippen LogP contribution in [0.2, 0.25) is 0 Å². The predicted octanol–water partition coefficient (Wildman–Crippen LogP) is 2.51. The summed E-state index contributed by atoms with van der Waals surface area (Å²) in [6.45, 7) is 1.55. The molecule has 0 aromatic heterocycles. The molecule has 1 aliphatic rings. The molecule has 1 aliphatic heterocycles. The molecular weight excluding hydrogens is 218 g/mol. The second-order valence-electron chi connectivity index (χ2n) is 3.36. The fraction of sp³-hybridized carbons (Fsp3) is 0.333. The molecule has 5 heteroatoms. The van der Waals surface area contributed by atoms with E-state index >= 15 is 0 Å². The van der Waals surface area contributed by atoms with Gasteiger partial charge >= 0.3 is 0 Å². The van der Waals surface area contributed by atoms with E-state index in [2.05, 4.69) is 21.9 Å². The number of benzene rings is 1. The van der Waals surface area contributed by atoms with E-state index < -0.39 is 0 Å². The molecule has 0 amide bonds. The second-order valence-corrected chi connectivity index (χ2v) is 3.36. The Bertz CT molecular complexity index is 510. The fourth-order valence-corrected chi connectivity index (χ4v) is 1.44. The molecular formula is C12H11N3O2. The van der Waals surface area contributed by atoms with Gasteiger partial charge in [0.05, 0.1) is 0 Å². The van der Waals surface area contributed by atoms with Gasteiger partial charge in [-0.1, -0.05) is 17.0 Å². The normalized spacial score (nSPS) is 12.0. The molecule has 86 valence electrons. The van der Waals surface area contributed by atoms with Gasteiger partial charge in [0.15, 0.2) is 11.5 Å². The Hall–Kier alpha value is -2.31. The molecule has 0 bridgehead atoms. The summed E-state index contributed by atoms with van der Waals surface area (Å²) < 4.78 is 10.9. The first kappa shape index (κ1) is 11.2. The second kappa shape index (κ2) is 5.69. The third kappa shape index (κ3) is 3.07. The van der Waals surface area contributed by atoms with Gasteiger partial charge in [-0.25, -0.2) is 0 Å². The Morgan fingerprint density at radius 2 is 2.12 bits per heavy atom. The van der Waals surface area contributed by atoms with Gasteiger partial charge in [0, 0.05) is 23.4 Å². The van der Waals surface area contributed by atoms with Crippen molar-refractivity contribution in [3.8, 4) is 23.3 Å². The lowest BCUT2D eigenvalue weighted by atomic mass is 10.2. The van der Waals surface area contributed by atoms with Crippen LogP contribution in [0.5, 0.6) is 11.5 Å². The van der Waals surface area contributed by atoms with E-state index in [1.807, 2.05) is 18.2 Å². The Kier molecular flexibility index (Phi) is 3.74. The van der Waals surface area contributed by atoms with Crippen LogP contribution in [-0.4, -0.2) is 19.8 Å². The highest BCUT2D eigenvalue weighted by Crippen LogP contribution is 2.30. The molecule has 17 heavy (non-hydrogen) atoms. The molecule has 0 saturated heterocycles. The number of nitrogens with zero attached hydrogens (tertiary/aromatic N) is 3. The zero-order valence-corrected chi connectivity index (χ0v) is 9.22. The van der Waals surface area contributed by atoms with Gasteiger partial charge < -0.3 is 9.47 Å². The number of azide groups is 1. The standard InChI is InChI=1S/C12H11N3O2/c13-15-14-6-2-1-3-10-4-5-11-12(9-10)17-8-7-16-11/h4-5,9H,2,6-8H2. The minimum absolute atomic E-state index is 0.397. The van der Waals surface area contributed by atoms with Crippen LogP contribution in [0.1, 0.15) is 12.0 Å². The number of hydrogen-bond acceptors (Lipinski definition) is 3. The topological polar surface area (TPSA) is 67.2 Å². The molecule has 1 aromatic rings. The monoisotopic (exact) mass is 229 g/mol. The van der Waals surface area contributed by atoms with Crippen molar-refractivity contribution in [2.24, 2.45) is 5.11 Å². The van der Waals surface area contributed by atoms with Gasteiger partial charge in [-0.15, -0.1) is 0 Å². The van der Waals surface area contributed by atoms with Crippen molar-refractivity contribution in [3.63, 3.8) is 0 Å². The van der Waals surface area contributed by atoms with Crippen LogP contribution in [-0.2, 0) is 0 Å². The highest BCUT2D eigenvalue weighted by atomic mass is 16.6. The lowest BCUT2D eigenvalue weighted by molar-refractivity contribution is 0.171. The molecule has 0 unspecified atom stereocenters. The van der Waals surface area contributed by atoms with Crippen molar-refractivity contribution in [1.29, 1.82) is 0 Å². The van der Waals surface area contributed by atoms with Crippen LogP contribution >= 0.6 is 0 Å². The number of ether oxygens (including phenoxy) is 2. The molecule has 2 rings (SSSR count). The minimum atomic E-state index is 0.397. The van der Waals surface area contributed by atoms with Gasteiger partial charge in [-0.3, -0.25) is 0 Å². The van der Waals surface area contributed by atoms with Crippen molar-refractivity contribution in [2.45, 2.75) is 6.42 Å². The van der Waals surface area contributed by atoms with Crippen LogP contribution in [0.3, 0.4) is 0 Å². The maximum Gasteiger partial charge on any atom is 0.162 e. The first-order chi connectivity index (χ1) is 8.40. The van der Waals surface area contributed by atoms with Gasteiger partial charge in [0.1, 0.15) is 13.2 Å². The van der Waals surface area contributed by atoms with E-state index in [-0.39, 0.29) is 0 Å². The summed E-state index contributed by atoms with van der Waals surface area (Å²) in [5, 5.41) is 3.41. The van der Waals surface area contributed by atoms with E-state index in [1.165, 1.54) is 0 Å². The first-order valence-electron chi connectivity index (χ1n) is 5.29. The summed E-state index contributed by atoms with van der Waals surface area (Å²) in [5.74, 6) is 7.41. The third-order valence-corrected chi connectivity index (χ3v) is 2.17. The van der Waals surface area contributed by atoms with Crippen molar-refractivity contribution in [1.82, 2.24) is 0 Å². The van der Waals surface area contributed by atoms with Crippen LogP contribution in [0, 0.1) is 11.8 Å². The number of fused-ring (bicyclic) bond motifs is 1. The van der Waals surface area contributed by atoms with Gasteiger partial charge in [-0.2, -0.15) is 0 Å². The Morgan fingerprint density at radius 1 is 1.29 bits per heavy atom. The van der Waals surface area contributed by atoms with Gasteiger partial charge in [0.2, 0.25) is 0 Å². The quantitative estimate of drug-likeness (QED) is 0.257. The first-order valence-corrected chi connectivity index (χ1v) is 5.29. The van der Waals surface area contributed by atoms with Crippen LogP contribution < -0.4 is 9.47 Å². The smallest absolute Gasteiger partial charge is 0.162 e. The lowest BCUT2D eigenvalue weighted by Gasteiger charge is -2.17. The summed E-state index contributed by atoms with van der Waals surface area (Å²) in [5.41, 5.74) is 8.97. The van der Waals surface area contributed by atoms with E-state index in [1.54, 1.807) is 0 Å². The SMILES string of the molecule is [N-]=[N+]=NCCC#Cc1ccc2c(c1)OCCO2. The van der Waals surface area contributed by atoms with E-state index in [0.29, 0.717) is 26.2 Å². The Morgan fingerprint density at radius 3 is 2.94 bits per heavy atom. The molecule has 0 atom stereocenters. The van der Waals surface area contributed by atoms with Gasteiger partial charge in [0.25, 0.3) is 0 Å². The molecule has 5 nitrogen and oxygen atoms in total. The minimum Gasteiger partial charge on any atom is -0.486 e. The molecule has 0 radical (unpaired) electrons. The number of hydrogen-bond donors (Lipinski definition) is 0. The summed E-state index contributed by atoms with van der Waals surface area (Å²) in [4.78, 5) is 2.66. The van der Waals surface area contributed by atoms with Crippen molar-refractivity contribution in [2.75, 3.05) is 19.8 Å². The summed E-state index contributed by atoms with van der Waals surface area (Å²) in [6.07, 6.45) is 0.554. The lowest BCUT2D eigenvalue weighted by Crippen LogP contribution is -2.15. The van der Waals surface area contributed by atoms with Crippen LogP contribution in [0.4, 0.5) is 0 Å². The molecule has 1 heterocycles. The zero-order chi connectivity index (χ0) is 11.9. The summed E-state index contributed by atoms with van der Waals surface area (Å²) in [7, 11) is 0. The molecule has 0 spiro atoms. The highest BCUT2D eigenvalue weighted by molar-refractivity contribution is 5.48. The highest BCUT2D eigenvalue weighted by Gasteiger charge is 2.10. The number of rotatable bonds is 2. The van der Waals surface area contributed by atoms with Gasteiger partial charge in [-0.05, 0) is 23.7 Å². The van der Waals surface area contributed by atoms with Crippen LogP contribution in [0.25, 0.3) is 10.4 Å². The molecule has 0 N–H and O–H groups in total. The van der Waals surface area contributed by atoms with E-state index in [9.17, 15) is 0 Å². The Labute approximate surface area is 99.0 Å². The maximum absolute atomic E-state index is 8.09. The Balaban J connectivity index is 2.04. The fourth-order valence-electron chi connectivity index (χ4n) is 1.44. The molecule has 0 aliphatic carbocycles. The summed E-state index contributed by atoms with van der Waals surface area (Å²) in [6, 6.07) is 5.59. The largest absolute Gasteiger partial charge is 0.486 e. The van der Waals surface area contributed by atoms with Crippen molar-refractivity contribution >= 4 is 0 Å². The van der Waals surface area contributed by atoms with Crippen molar-refractivity contribution in [3.05, 3.63) is 34.2 Å². The van der Waals surface area contributed by atoms with E-state index in [4.69, 9.17) is 15.0 Å². The van der Waals surface area contributed by atoms with Crippen molar-refractivity contribution < 1.29 is 9.47 Å². The molecule has 1 aromatic carbocycles. The predicted molar refractivity (Wildman–Crippen MR) is 62.9 cm³/mol. The van der Waals surface area contributed by atoms with E-state index in [0.717, 1.165) is 17.1 Å². The average Bonchev–Trinajstić information content (AvgIpc) is 2.38. The third-order valence-electron chi connectivity index (χ3n) is 2.17.